The van der Waals surface area contributed by atoms with Crippen LogP contribution < -0.4 is 4.74 Å². The van der Waals surface area contributed by atoms with E-state index >= 15 is 0 Å². The van der Waals surface area contributed by atoms with E-state index in [0.29, 0.717) is 5.02 Å². The van der Waals surface area contributed by atoms with E-state index < -0.39 is 5.97 Å². The zero-order valence-electron chi connectivity index (χ0n) is 9.63. The summed E-state index contributed by atoms with van der Waals surface area (Å²) < 4.78 is 5.49. The normalized spacial score (nSPS) is 9.68. The summed E-state index contributed by atoms with van der Waals surface area (Å²) in [7, 11) is 0. The van der Waals surface area contributed by atoms with Gasteiger partial charge >= 0.3 is 5.97 Å². The van der Waals surface area contributed by atoms with Gasteiger partial charge in [0.15, 0.2) is 0 Å². The van der Waals surface area contributed by atoms with Crippen LogP contribution >= 0.6 is 11.6 Å². The number of para-hydroxylation sites is 1. The quantitative estimate of drug-likeness (QED) is 0.925. The van der Waals surface area contributed by atoms with Crippen molar-refractivity contribution in [1.82, 2.24) is 0 Å². The third kappa shape index (κ3) is 2.84. The molecule has 0 bridgehead atoms. The zero-order chi connectivity index (χ0) is 13.8. The summed E-state index contributed by atoms with van der Waals surface area (Å²) in [5.74, 6) is -0.655. The zero-order valence-corrected chi connectivity index (χ0v) is 10.4. The highest BCUT2D eigenvalue weighted by Gasteiger charge is 2.13. The summed E-state index contributed by atoms with van der Waals surface area (Å²) in [5.41, 5.74) is 0.272. The van der Waals surface area contributed by atoms with Gasteiger partial charge in [-0.2, -0.15) is 5.26 Å². The van der Waals surface area contributed by atoms with E-state index in [2.05, 4.69) is 0 Å². The van der Waals surface area contributed by atoms with Crippen LogP contribution in [0.25, 0.3) is 0 Å². The van der Waals surface area contributed by atoms with E-state index in [1.165, 1.54) is 24.3 Å². The van der Waals surface area contributed by atoms with E-state index in [1.54, 1.807) is 18.2 Å². The average Bonchev–Trinajstić information content (AvgIpc) is 2.41. The molecule has 19 heavy (non-hydrogen) atoms. The number of nitriles is 1. The second-order valence-electron chi connectivity index (χ2n) is 3.66. The van der Waals surface area contributed by atoms with Crippen molar-refractivity contribution in [1.29, 1.82) is 5.26 Å². The molecule has 0 radical (unpaired) electrons. The third-order valence-corrected chi connectivity index (χ3v) is 2.63. The first kappa shape index (κ1) is 12.9. The topological polar surface area (TPSA) is 70.3 Å². The molecule has 0 aromatic heterocycles. The van der Waals surface area contributed by atoms with Gasteiger partial charge in [-0.3, -0.25) is 0 Å². The van der Waals surface area contributed by atoms with Gasteiger partial charge in [0, 0.05) is 5.02 Å². The Kier molecular flexibility index (Phi) is 3.69. The number of aromatic carboxylic acids is 1. The number of nitrogens with zero attached hydrogens (tertiary/aromatic N) is 1. The molecule has 0 aliphatic heterocycles. The second kappa shape index (κ2) is 5.42. The van der Waals surface area contributed by atoms with E-state index in [9.17, 15) is 4.79 Å². The lowest BCUT2D eigenvalue weighted by molar-refractivity contribution is 0.0694. The maximum absolute atomic E-state index is 11.1. The summed E-state index contributed by atoms with van der Waals surface area (Å²) in [6, 6.07) is 12.7. The van der Waals surface area contributed by atoms with Crippen molar-refractivity contribution in [2.24, 2.45) is 0 Å². The molecule has 0 atom stereocenters. The number of rotatable bonds is 3. The van der Waals surface area contributed by atoms with Gasteiger partial charge in [0.2, 0.25) is 0 Å². The van der Waals surface area contributed by atoms with Crippen LogP contribution in [0.4, 0.5) is 0 Å². The lowest BCUT2D eigenvalue weighted by Crippen LogP contribution is -2.00. The summed E-state index contributed by atoms with van der Waals surface area (Å²) in [4.78, 5) is 11.1. The van der Waals surface area contributed by atoms with Crippen molar-refractivity contribution in [2.75, 3.05) is 0 Å². The summed E-state index contributed by atoms with van der Waals surface area (Å²) in [6.45, 7) is 0. The first-order valence-electron chi connectivity index (χ1n) is 5.31. The molecule has 2 aromatic rings. The van der Waals surface area contributed by atoms with Gasteiger partial charge in [-0.15, -0.1) is 0 Å². The molecule has 0 saturated carbocycles. The number of ether oxygens (including phenoxy) is 1. The van der Waals surface area contributed by atoms with Crippen LogP contribution in [-0.4, -0.2) is 11.1 Å². The molecule has 5 heteroatoms. The molecule has 2 rings (SSSR count). The first-order chi connectivity index (χ1) is 9.11. The number of carboxylic acids is 1. The molecule has 0 saturated heterocycles. The average molecular weight is 274 g/mol. The SMILES string of the molecule is N#Cc1cc(Cl)ccc1Oc1ccccc1C(=O)O. The van der Waals surface area contributed by atoms with Crippen molar-refractivity contribution in [3.8, 4) is 17.6 Å². The maximum atomic E-state index is 11.1. The smallest absolute Gasteiger partial charge is 0.339 e. The van der Waals surface area contributed by atoms with Gasteiger partial charge in [-0.05, 0) is 30.3 Å². The van der Waals surface area contributed by atoms with E-state index in [4.69, 9.17) is 26.7 Å². The van der Waals surface area contributed by atoms with Crippen LogP contribution in [0.2, 0.25) is 5.02 Å². The molecule has 2 aromatic carbocycles. The number of carboxylic acid groups (broad SMARTS) is 1. The highest BCUT2D eigenvalue weighted by molar-refractivity contribution is 6.30. The number of carbonyl (C=O) groups is 1. The van der Waals surface area contributed by atoms with Crippen molar-refractivity contribution in [2.45, 2.75) is 0 Å². The fourth-order valence-corrected chi connectivity index (χ4v) is 1.70. The van der Waals surface area contributed by atoms with Gasteiger partial charge in [-0.1, -0.05) is 23.7 Å². The van der Waals surface area contributed by atoms with Crippen molar-refractivity contribution in [3.63, 3.8) is 0 Å². The highest BCUT2D eigenvalue weighted by Crippen LogP contribution is 2.29. The second-order valence-corrected chi connectivity index (χ2v) is 4.09. The number of benzene rings is 2. The predicted molar refractivity (Wildman–Crippen MR) is 69.6 cm³/mol. The van der Waals surface area contributed by atoms with Gasteiger partial charge in [-0.25, -0.2) is 4.79 Å². The minimum absolute atomic E-state index is 0.0290. The van der Waals surface area contributed by atoms with E-state index in [1.807, 2.05) is 6.07 Å². The van der Waals surface area contributed by atoms with Crippen molar-refractivity contribution < 1.29 is 14.6 Å². The number of halogens is 1. The maximum Gasteiger partial charge on any atom is 0.339 e. The Hall–Kier alpha value is -2.51. The predicted octanol–water partition coefficient (Wildman–Crippen LogP) is 3.70. The molecule has 0 aliphatic carbocycles. The summed E-state index contributed by atoms with van der Waals surface area (Å²) in [6.07, 6.45) is 0. The van der Waals surface area contributed by atoms with Gasteiger partial charge in [0.05, 0.1) is 5.56 Å². The Balaban J connectivity index is 2.43. The largest absolute Gasteiger partial charge is 0.478 e. The Morgan fingerprint density at radius 3 is 2.63 bits per heavy atom. The van der Waals surface area contributed by atoms with Crippen LogP contribution in [0, 0.1) is 11.3 Å². The van der Waals surface area contributed by atoms with Crippen LogP contribution in [0.3, 0.4) is 0 Å². The fraction of sp³-hybridized carbons (Fsp3) is 0. The fourth-order valence-electron chi connectivity index (χ4n) is 1.53. The third-order valence-electron chi connectivity index (χ3n) is 2.40. The van der Waals surface area contributed by atoms with E-state index in [-0.39, 0.29) is 22.6 Å². The Labute approximate surface area is 114 Å². The Bertz CT molecular complexity index is 677. The lowest BCUT2D eigenvalue weighted by atomic mass is 10.2. The Morgan fingerprint density at radius 2 is 1.95 bits per heavy atom. The molecular formula is C14H8ClNO3. The van der Waals surface area contributed by atoms with Crippen LogP contribution in [-0.2, 0) is 0 Å². The first-order valence-corrected chi connectivity index (χ1v) is 5.69. The molecule has 1 N–H and O–H groups in total. The number of hydrogen-bond acceptors (Lipinski definition) is 3. The highest BCUT2D eigenvalue weighted by atomic mass is 35.5. The van der Waals surface area contributed by atoms with Crippen LogP contribution in [0.1, 0.15) is 15.9 Å². The van der Waals surface area contributed by atoms with Gasteiger partial charge in [0.25, 0.3) is 0 Å². The monoisotopic (exact) mass is 273 g/mol. The van der Waals surface area contributed by atoms with Crippen LogP contribution in [0.5, 0.6) is 11.5 Å². The standard InChI is InChI=1S/C14H8ClNO3/c15-10-5-6-12(9(7-10)8-16)19-13-4-2-1-3-11(13)14(17)18/h1-7H,(H,17,18). The molecule has 0 amide bonds. The minimum Gasteiger partial charge on any atom is -0.478 e. The van der Waals surface area contributed by atoms with Crippen molar-refractivity contribution >= 4 is 17.6 Å². The molecule has 94 valence electrons. The molecule has 0 spiro atoms. The minimum atomic E-state index is -1.09. The van der Waals surface area contributed by atoms with Crippen LogP contribution in [0.15, 0.2) is 42.5 Å². The van der Waals surface area contributed by atoms with E-state index in [0.717, 1.165) is 0 Å². The molecule has 0 unspecified atom stereocenters. The molecule has 0 aliphatic rings. The molecule has 0 fully saturated rings. The summed E-state index contributed by atoms with van der Waals surface area (Å²) >= 11 is 5.78. The van der Waals surface area contributed by atoms with Crippen molar-refractivity contribution in [3.05, 3.63) is 58.6 Å². The van der Waals surface area contributed by atoms with Gasteiger partial charge in [0.1, 0.15) is 23.1 Å². The molecular weight excluding hydrogens is 266 g/mol. The summed E-state index contributed by atoms with van der Waals surface area (Å²) in [5, 5.41) is 18.5. The molecule has 4 nitrogen and oxygen atoms in total. The number of hydrogen-bond donors (Lipinski definition) is 1. The Morgan fingerprint density at radius 1 is 1.21 bits per heavy atom. The van der Waals surface area contributed by atoms with Gasteiger partial charge < -0.3 is 9.84 Å². The molecule has 0 heterocycles. The lowest BCUT2D eigenvalue weighted by Gasteiger charge is -2.09.